The van der Waals surface area contributed by atoms with Crippen LogP contribution in [0.1, 0.15) is 0 Å². The Hall–Kier alpha value is -2.37. The van der Waals surface area contributed by atoms with Crippen LogP contribution >= 0.6 is 11.6 Å². The second kappa shape index (κ2) is 7.95. The number of fused-ring (bicyclic) bond motifs is 1. The van der Waals surface area contributed by atoms with Gasteiger partial charge < -0.3 is 9.47 Å². The van der Waals surface area contributed by atoms with Gasteiger partial charge in [-0.15, -0.1) is 0 Å². The average molecular weight is 345 g/mol. The van der Waals surface area contributed by atoms with Crippen LogP contribution in [0.15, 0.2) is 59.7 Å². The molecule has 0 radical (unpaired) electrons. The molecule has 2 aromatic carbocycles. The molecule has 0 atom stereocenters. The highest BCUT2D eigenvalue weighted by atomic mass is 35.5. The molecule has 0 aliphatic heterocycles. The van der Waals surface area contributed by atoms with Crippen molar-refractivity contribution < 1.29 is 9.47 Å². The van der Waals surface area contributed by atoms with Crippen molar-refractivity contribution >= 4 is 22.5 Å². The summed E-state index contributed by atoms with van der Waals surface area (Å²) in [4.78, 5) is 16.6. The second-order valence-electron chi connectivity index (χ2n) is 5.18. The molecular formula is C18H17ClN2O3. The summed E-state index contributed by atoms with van der Waals surface area (Å²) in [5.74, 6) is 0.709. The number of hydrogen-bond donors (Lipinski definition) is 0. The van der Waals surface area contributed by atoms with Crippen LogP contribution in [0.25, 0.3) is 10.9 Å². The van der Waals surface area contributed by atoms with Gasteiger partial charge in [0.15, 0.2) is 0 Å². The molecule has 3 aromatic rings. The molecule has 3 rings (SSSR count). The van der Waals surface area contributed by atoms with E-state index in [1.54, 1.807) is 29.1 Å². The van der Waals surface area contributed by atoms with E-state index in [2.05, 4.69) is 4.98 Å². The first-order valence-corrected chi connectivity index (χ1v) is 8.02. The Morgan fingerprint density at radius 3 is 2.79 bits per heavy atom. The molecule has 0 bridgehead atoms. The van der Waals surface area contributed by atoms with E-state index in [0.29, 0.717) is 48.0 Å². The molecule has 0 unspecified atom stereocenters. The number of nitrogens with zero attached hydrogens (tertiary/aromatic N) is 2. The lowest BCUT2D eigenvalue weighted by molar-refractivity contribution is 0.0938. The lowest BCUT2D eigenvalue weighted by atomic mass is 10.2. The minimum atomic E-state index is -0.0561. The maximum absolute atomic E-state index is 12.3. The zero-order chi connectivity index (χ0) is 16.8. The van der Waals surface area contributed by atoms with E-state index in [1.165, 1.54) is 0 Å². The zero-order valence-electron chi connectivity index (χ0n) is 13.0. The number of benzene rings is 2. The van der Waals surface area contributed by atoms with Crippen molar-refractivity contribution in [2.24, 2.45) is 0 Å². The van der Waals surface area contributed by atoms with Crippen molar-refractivity contribution in [2.75, 3.05) is 19.8 Å². The fraction of sp³-hybridized carbons (Fsp3) is 0.222. The lowest BCUT2D eigenvalue weighted by Crippen LogP contribution is -2.23. The Labute approximate surface area is 144 Å². The number of rotatable bonds is 7. The van der Waals surface area contributed by atoms with E-state index in [9.17, 15) is 4.79 Å². The second-order valence-corrected chi connectivity index (χ2v) is 5.61. The molecule has 1 aromatic heterocycles. The third kappa shape index (κ3) is 4.13. The molecule has 0 aliphatic carbocycles. The lowest BCUT2D eigenvalue weighted by Gasteiger charge is -2.09. The summed E-state index contributed by atoms with van der Waals surface area (Å²) >= 11 is 5.88. The third-order valence-electron chi connectivity index (χ3n) is 3.50. The van der Waals surface area contributed by atoms with Gasteiger partial charge >= 0.3 is 0 Å². The summed E-state index contributed by atoms with van der Waals surface area (Å²) in [6, 6.07) is 14.5. The van der Waals surface area contributed by atoms with E-state index in [-0.39, 0.29) is 5.56 Å². The molecule has 0 saturated carbocycles. The fourth-order valence-corrected chi connectivity index (χ4v) is 2.49. The van der Waals surface area contributed by atoms with Gasteiger partial charge in [0, 0.05) is 5.02 Å². The Morgan fingerprint density at radius 2 is 1.92 bits per heavy atom. The SMILES string of the molecule is O=c1c2ccccc2ncn1CCOCCOc1cccc(Cl)c1. The molecule has 0 fully saturated rings. The largest absolute Gasteiger partial charge is 0.491 e. The molecule has 0 saturated heterocycles. The Morgan fingerprint density at radius 1 is 1.04 bits per heavy atom. The summed E-state index contributed by atoms with van der Waals surface area (Å²) < 4.78 is 12.6. The number of para-hydroxylation sites is 1. The summed E-state index contributed by atoms with van der Waals surface area (Å²) in [5, 5.41) is 1.25. The molecular weight excluding hydrogens is 328 g/mol. The molecule has 6 heteroatoms. The molecule has 0 N–H and O–H groups in total. The molecule has 0 spiro atoms. The van der Waals surface area contributed by atoms with E-state index >= 15 is 0 Å². The minimum Gasteiger partial charge on any atom is -0.491 e. The number of halogens is 1. The van der Waals surface area contributed by atoms with Crippen molar-refractivity contribution in [1.82, 2.24) is 9.55 Å². The van der Waals surface area contributed by atoms with Crippen molar-refractivity contribution in [3.8, 4) is 5.75 Å². The fourth-order valence-electron chi connectivity index (χ4n) is 2.31. The maximum Gasteiger partial charge on any atom is 0.261 e. The third-order valence-corrected chi connectivity index (χ3v) is 3.74. The first-order chi connectivity index (χ1) is 11.7. The number of hydrogen-bond acceptors (Lipinski definition) is 4. The summed E-state index contributed by atoms with van der Waals surface area (Å²) in [7, 11) is 0. The first kappa shape index (κ1) is 16.5. The van der Waals surface area contributed by atoms with E-state index in [0.717, 1.165) is 0 Å². The monoisotopic (exact) mass is 344 g/mol. The van der Waals surface area contributed by atoms with Crippen LogP contribution in [0.3, 0.4) is 0 Å². The highest BCUT2D eigenvalue weighted by molar-refractivity contribution is 6.30. The van der Waals surface area contributed by atoms with Gasteiger partial charge in [0.25, 0.3) is 5.56 Å². The van der Waals surface area contributed by atoms with Gasteiger partial charge in [0.2, 0.25) is 0 Å². The zero-order valence-corrected chi connectivity index (χ0v) is 13.8. The maximum atomic E-state index is 12.3. The van der Waals surface area contributed by atoms with Gasteiger partial charge in [-0.3, -0.25) is 9.36 Å². The Balaban J connectivity index is 1.45. The van der Waals surface area contributed by atoms with E-state index < -0.39 is 0 Å². The van der Waals surface area contributed by atoms with Gasteiger partial charge in [-0.05, 0) is 30.3 Å². The average Bonchev–Trinajstić information content (AvgIpc) is 2.60. The van der Waals surface area contributed by atoms with Gasteiger partial charge in [0.1, 0.15) is 12.4 Å². The molecule has 5 nitrogen and oxygen atoms in total. The standard InChI is InChI=1S/C18H17ClN2O3/c19-14-4-3-5-15(12-14)24-11-10-23-9-8-21-13-20-17-7-2-1-6-16(17)18(21)22/h1-7,12-13H,8-11H2. The van der Waals surface area contributed by atoms with Crippen molar-refractivity contribution in [3.05, 3.63) is 70.2 Å². The van der Waals surface area contributed by atoms with Gasteiger partial charge in [-0.2, -0.15) is 0 Å². The predicted octanol–water partition coefficient (Wildman–Crippen LogP) is 3.15. The number of aromatic nitrogens is 2. The summed E-state index contributed by atoms with van der Waals surface area (Å²) in [5.41, 5.74) is 0.647. The topological polar surface area (TPSA) is 53.4 Å². The number of ether oxygens (including phenoxy) is 2. The van der Waals surface area contributed by atoms with Crippen molar-refractivity contribution in [1.29, 1.82) is 0 Å². The van der Waals surface area contributed by atoms with Crippen LogP contribution in [0.4, 0.5) is 0 Å². The van der Waals surface area contributed by atoms with Crippen LogP contribution < -0.4 is 10.3 Å². The summed E-state index contributed by atoms with van der Waals surface area (Å²) in [6.07, 6.45) is 1.55. The van der Waals surface area contributed by atoms with Crippen LogP contribution in [-0.2, 0) is 11.3 Å². The molecule has 24 heavy (non-hydrogen) atoms. The molecule has 0 aliphatic rings. The Bertz CT molecular complexity index is 879. The van der Waals surface area contributed by atoms with Crippen LogP contribution in [-0.4, -0.2) is 29.4 Å². The van der Waals surface area contributed by atoms with E-state index in [4.69, 9.17) is 21.1 Å². The quantitative estimate of drug-likeness (QED) is 0.618. The normalized spacial score (nSPS) is 10.9. The van der Waals surface area contributed by atoms with Crippen LogP contribution in [0, 0.1) is 0 Å². The Kier molecular flexibility index (Phi) is 5.46. The first-order valence-electron chi connectivity index (χ1n) is 7.64. The highest BCUT2D eigenvalue weighted by Gasteiger charge is 2.03. The van der Waals surface area contributed by atoms with Crippen LogP contribution in [0.5, 0.6) is 5.75 Å². The van der Waals surface area contributed by atoms with Gasteiger partial charge in [0.05, 0.1) is 37.0 Å². The van der Waals surface area contributed by atoms with Gasteiger partial charge in [-0.1, -0.05) is 29.8 Å². The summed E-state index contributed by atoms with van der Waals surface area (Å²) in [6.45, 7) is 1.72. The minimum absolute atomic E-state index is 0.0561. The van der Waals surface area contributed by atoms with Crippen molar-refractivity contribution in [2.45, 2.75) is 6.54 Å². The predicted molar refractivity (Wildman–Crippen MR) is 93.8 cm³/mol. The smallest absolute Gasteiger partial charge is 0.261 e. The molecule has 1 heterocycles. The highest BCUT2D eigenvalue weighted by Crippen LogP contribution is 2.16. The molecule has 0 amide bonds. The van der Waals surface area contributed by atoms with Crippen LogP contribution in [0.2, 0.25) is 5.02 Å². The van der Waals surface area contributed by atoms with Gasteiger partial charge in [-0.25, -0.2) is 4.98 Å². The van der Waals surface area contributed by atoms with E-state index in [1.807, 2.05) is 30.3 Å². The molecule has 124 valence electrons. The van der Waals surface area contributed by atoms with Crippen molar-refractivity contribution in [3.63, 3.8) is 0 Å².